The zero-order chi connectivity index (χ0) is 31.4. The summed E-state index contributed by atoms with van der Waals surface area (Å²) < 4.78 is 18.4. The van der Waals surface area contributed by atoms with E-state index in [1.165, 1.54) is 55.5 Å². The molecule has 43 heavy (non-hydrogen) atoms. The Labute approximate surface area is 249 Å². The van der Waals surface area contributed by atoms with Gasteiger partial charge in [-0.05, 0) is 59.5 Å². The summed E-state index contributed by atoms with van der Waals surface area (Å²) in [4.78, 5) is 52.7. The van der Waals surface area contributed by atoms with E-state index in [1.54, 1.807) is 36.4 Å². The molecular weight excluding hydrogens is 557 g/mol. The minimum absolute atomic E-state index is 0.0300. The number of benzene rings is 3. The average Bonchev–Trinajstić information content (AvgIpc) is 3.00. The van der Waals surface area contributed by atoms with Gasteiger partial charge in [-0.1, -0.05) is 36.4 Å². The van der Waals surface area contributed by atoms with Crippen molar-refractivity contribution in [1.29, 1.82) is 0 Å². The highest BCUT2D eigenvalue weighted by molar-refractivity contribution is 5.93. The van der Waals surface area contributed by atoms with Crippen molar-refractivity contribution in [3.8, 4) is 11.5 Å². The van der Waals surface area contributed by atoms with Gasteiger partial charge in [0.2, 0.25) is 24.0 Å². The molecule has 3 amide bonds. The number of hydrogen-bond donors (Lipinski definition) is 4. The number of rotatable bonds is 15. The molecule has 0 aliphatic rings. The van der Waals surface area contributed by atoms with Crippen LogP contribution in [0, 0.1) is 5.82 Å². The number of halogens is 1. The van der Waals surface area contributed by atoms with Crippen molar-refractivity contribution in [2.24, 2.45) is 0 Å². The number of phenols is 2. The number of hydrogen-bond acceptors (Lipinski definition) is 7. The predicted molar refractivity (Wildman–Crippen MR) is 156 cm³/mol. The van der Waals surface area contributed by atoms with E-state index in [2.05, 4.69) is 10.6 Å². The van der Waals surface area contributed by atoms with Crippen molar-refractivity contribution in [3.05, 3.63) is 95.3 Å². The Morgan fingerprint density at radius 2 is 1.37 bits per heavy atom. The zero-order valence-corrected chi connectivity index (χ0v) is 24.0. The maximum absolute atomic E-state index is 13.5. The zero-order valence-electron chi connectivity index (χ0n) is 24.0. The number of carbonyl (C=O) groups is 3. The molecule has 3 aromatic carbocycles. The van der Waals surface area contributed by atoms with E-state index in [0.717, 1.165) is 5.56 Å². The first kappa shape index (κ1) is 32.7. The highest BCUT2D eigenvalue weighted by Gasteiger charge is 2.31. The summed E-state index contributed by atoms with van der Waals surface area (Å²) in [6, 6.07) is 14.8. The van der Waals surface area contributed by atoms with Crippen molar-refractivity contribution in [3.63, 3.8) is 0 Å². The number of nitrogens with one attached hydrogen (secondary N) is 2. The molecule has 0 spiro atoms. The molecule has 11 heteroatoms. The maximum atomic E-state index is 13.5. The van der Waals surface area contributed by atoms with Crippen LogP contribution in [-0.2, 0) is 43.2 Å². The number of methoxy groups -OCH3 is 1. The molecule has 3 aromatic rings. The van der Waals surface area contributed by atoms with Crippen LogP contribution in [-0.4, -0.2) is 78.0 Å². The van der Waals surface area contributed by atoms with Gasteiger partial charge in [0.05, 0.1) is 6.61 Å². The smallest absolute Gasteiger partial charge is 0.247 e. The summed E-state index contributed by atoms with van der Waals surface area (Å²) in [6.07, 6.45) is 2.39. The van der Waals surface area contributed by atoms with Crippen LogP contribution in [0.15, 0.2) is 72.8 Å². The number of aryl methyl sites for hydroxylation is 1. The Kier molecular flexibility index (Phi) is 12.2. The fourth-order valence-corrected chi connectivity index (χ4v) is 4.38. The Bertz CT molecular complexity index is 1370. The molecule has 1 radical (unpaired) electrons. The lowest BCUT2D eigenvalue weighted by molar-refractivity contribution is -0.138. The van der Waals surface area contributed by atoms with E-state index in [9.17, 15) is 33.8 Å². The van der Waals surface area contributed by atoms with E-state index >= 15 is 0 Å². The molecule has 10 nitrogen and oxygen atoms in total. The van der Waals surface area contributed by atoms with Gasteiger partial charge < -0.3 is 30.5 Å². The first-order chi connectivity index (χ1) is 20.6. The summed E-state index contributed by atoms with van der Waals surface area (Å²) in [5, 5.41) is 24.5. The first-order valence-electron chi connectivity index (χ1n) is 13.6. The van der Waals surface area contributed by atoms with E-state index in [1.807, 2.05) is 6.29 Å². The topological polar surface area (TPSA) is 145 Å². The van der Waals surface area contributed by atoms with Gasteiger partial charge in [0, 0.05) is 33.4 Å². The van der Waals surface area contributed by atoms with Crippen molar-refractivity contribution in [1.82, 2.24) is 15.5 Å². The fraction of sp³-hybridized carbons (Fsp3) is 0.312. The molecule has 0 aliphatic carbocycles. The van der Waals surface area contributed by atoms with Gasteiger partial charge in [-0.25, -0.2) is 4.39 Å². The number of carbonyl (C=O) groups excluding carboxylic acids is 4. The second-order valence-corrected chi connectivity index (χ2v) is 10.1. The highest BCUT2D eigenvalue weighted by Crippen LogP contribution is 2.15. The number of phenolic OH excluding ortho intramolecular Hbond substituents is 2. The molecule has 0 fully saturated rings. The largest absolute Gasteiger partial charge is 0.508 e. The lowest BCUT2D eigenvalue weighted by atomic mass is 10.0. The second kappa shape index (κ2) is 16.0. The first-order valence-corrected chi connectivity index (χ1v) is 13.6. The molecular formula is C32H35FN3O7. The van der Waals surface area contributed by atoms with E-state index < -0.39 is 35.8 Å². The number of nitrogens with zero attached hydrogens (tertiary/aromatic N) is 1. The van der Waals surface area contributed by atoms with E-state index in [-0.39, 0.29) is 43.2 Å². The summed E-state index contributed by atoms with van der Waals surface area (Å²) in [5.41, 5.74) is 2.09. The average molecular weight is 593 g/mol. The third-order valence-corrected chi connectivity index (χ3v) is 6.85. The van der Waals surface area contributed by atoms with E-state index in [0.29, 0.717) is 17.5 Å². The summed E-state index contributed by atoms with van der Waals surface area (Å²) in [5.74, 6) is -1.98. The van der Waals surface area contributed by atoms with Gasteiger partial charge in [-0.2, -0.15) is 0 Å². The lowest BCUT2D eigenvalue weighted by Gasteiger charge is -2.29. The van der Waals surface area contributed by atoms with Gasteiger partial charge in [-0.15, -0.1) is 0 Å². The quantitative estimate of drug-likeness (QED) is 0.212. The molecule has 227 valence electrons. The van der Waals surface area contributed by atoms with Crippen LogP contribution in [0.3, 0.4) is 0 Å². The monoisotopic (exact) mass is 592 g/mol. The van der Waals surface area contributed by atoms with Crippen LogP contribution in [0.1, 0.15) is 23.1 Å². The Balaban J connectivity index is 1.73. The van der Waals surface area contributed by atoms with Crippen LogP contribution < -0.4 is 10.6 Å². The molecule has 0 saturated heterocycles. The number of ether oxygens (including phenoxy) is 1. The summed E-state index contributed by atoms with van der Waals surface area (Å²) in [6.45, 7) is -0.204. The van der Waals surface area contributed by atoms with Gasteiger partial charge in [0.25, 0.3) is 0 Å². The minimum atomic E-state index is -1.18. The number of aromatic hydroxyl groups is 2. The van der Waals surface area contributed by atoms with Gasteiger partial charge >= 0.3 is 0 Å². The molecule has 0 aliphatic heterocycles. The lowest BCUT2D eigenvalue weighted by Crippen LogP contribution is -2.57. The standard InChI is InChI=1S/C32H35FN3O7/c1-36(25(19-37)17-22-5-12-26(38)13-6-22)32(42)29(20-43-2)35-31(41)28(18-23-7-14-27(39)15-8-23)34-30(40)16-9-21-3-10-24(33)11-4-21/h3-8,10-15,25,28-29,38-39H,9,16-18,20H2,1-2H3,(H,34,40)(H,35,41)/t25-,28+,29-/m0/s1. The SMILES string of the molecule is COC[C@H](NC(=O)[C@@H](Cc1ccc(O)cc1)NC(=O)CCc1ccc(F)cc1)C(=O)N(C)[C@H]([C]=O)Cc1ccc(O)cc1. The molecule has 0 heterocycles. The minimum Gasteiger partial charge on any atom is -0.508 e. The third-order valence-electron chi connectivity index (χ3n) is 6.85. The molecule has 0 bridgehead atoms. The molecule has 0 aromatic heterocycles. The molecule has 3 atom stereocenters. The third kappa shape index (κ3) is 10.2. The van der Waals surface area contributed by atoms with Crippen LogP contribution in [0.4, 0.5) is 4.39 Å². The van der Waals surface area contributed by atoms with Crippen LogP contribution in [0.25, 0.3) is 0 Å². The molecule has 0 saturated carbocycles. The van der Waals surface area contributed by atoms with Crippen molar-refractivity contribution in [2.45, 2.75) is 43.8 Å². The molecule has 3 rings (SSSR count). The van der Waals surface area contributed by atoms with E-state index in [4.69, 9.17) is 4.74 Å². The predicted octanol–water partition coefficient (Wildman–Crippen LogP) is 2.21. The van der Waals surface area contributed by atoms with Crippen LogP contribution >= 0.6 is 0 Å². The van der Waals surface area contributed by atoms with Crippen molar-refractivity contribution < 1.29 is 38.5 Å². The van der Waals surface area contributed by atoms with Crippen molar-refractivity contribution in [2.75, 3.05) is 20.8 Å². The van der Waals surface area contributed by atoms with Gasteiger partial charge in [-0.3, -0.25) is 19.2 Å². The van der Waals surface area contributed by atoms with Crippen LogP contribution in [0.2, 0.25) is 0 Å². The Morgan fingerprint density at radius 3 is 1.91 bits per heavy atom. The Hall–Kier alpha value is -4.77. The molecule has 0 unspecified atom stereocenters. The highest BCUT2D eigenvalue weighted by atomic mass is 19.1. The number of amides is 3. The van der Waals surface area contributed by atoms with Crippen molar-refractivity contribution >= 4 is 24.0 Å². The molecule has 4 N–H and O–H groups in total. The van der Waals surface area contributed by atoms with Gasteiger partial charge in [0.15, 0.2) is 0 Å². The van der Waals surface area contributed by atoms with Crippen LogP contribution in [0.5, 0.6) is 11.5 Å². The number of likely N-dealkylation sites (N-methyl/N-ethyl adjacent to an activating group) is 1. The Morgan fingerprint density at radius 1 is 0.837 bits per heavy atom. The summed E-state index contributed by atoms with van der Waals surface area (Å²) >= 11 is 0. The van der Waals surface area contributed by atoms with Gasteiger partial charge in [0.1, 0.15) is 35.4 Å². The second-order valence-electron chi connectivity index (χ2n) is 10.1. The maximum Gasteiger partial charge on any atom is 0.247 e. The normalized spacial score (nSPS) is 12.9. The summed E-state index contributed by atoms with van der Waals surface area (Å²) in [7, 11) is 2.77. The fourth-order valence-electron chi connectivity index (χ4n) is 4.38.